The molecule has 2 fully saturated rings. The van der Waals surface area contributed by atoms with Gasteiger partial charge in [0, 0.05) is 7.05 Å². The number of hydrogen-bond donors (Lipinski definition) is 2. The molecule has 0 bridgehead atoms. The van der Waals surface area contributed by atoms with Crippen LogP contribution in [0.3, 0.4) is 0 Å². The molecule has 2 amide bonds. The number of benzene rings is 1. The van der Waals surface area contributed by atoms with Gasteiger partial charge in [-0.15, -0.1) is 0 Å². The highest BCUT2D eigenvalue weighted by Gasteiger charge is 2.57. The summed E-state index contributed by atoms with van der Waals surface area (Å²) >= 11 is 0. The fourth-order valence-corrected chi connectivity index (χ4v) is 5.00. The molecule has 2 aliphatic heterocycles. The number of allylic oxidation sites excluding steroid dienone is 2. The Labute approximate surface area is 163 Å². The molecule has 2 heterocycles. The molecular weight excluding hydrogens is 364 g/mol. The average Bonchev–Trinajstić information content (AvgIpc) is 2.87. The predicted octanol–water partition coefficient (Wildman–Crippen LogP) is 2.22. The Morgan fingerprint density at radius 2 is 1.96 bits per heavy atom. The number of imide groups is 1. The molecule has 1 aromatic carbocycles. The van der Waals surface area contributed by atoms with Crippen molar-refractivity contribution in [1.82, 2.24) is 4.90 Å². The number of hydrogen-bond acceptors (Lipinski definition) is 5. The van der Waals surface area contributed by atoms with Gasteiger partial charge in [0.25, 0.3) is 0 Å². The molecule has 3 aliphatic rings. The van der Waals surface area contributed by atoms with E-state index in [4.69, 9.17) is 4.65 Å². The summed E-state index contributed by atoms with van der Waals surface area (Å²) in [5.41, 5.74) is 2.14. The van der Waals surface area contributed by atoms with Crippen LogP contribution in [0, 0.1) is 29.5 Å². The third-order valence-electron chi connectivity index (χ3n) is 6.41. The van der Waals surface area contributed by atoms with Crippen molar-refractivity contribution in [3.05, 3.63) is 40.6 Å². The minimum absolute atomic E-state index is 0.105. The number of rotatable bonds is 2. The SMILES string of the molecule is CC(C)C1=C2B(O)O[C@H](c3ccc(O)c(F)c3)C[C@H]2[C@H]2C(=O)N(C)C(=O)[C@H]2C1. The zero-order valence-electron chi connectivity index (χ0n) is 16.1. The lowest BCUT2D eigenvalue weighted by Crippen LogP contribution is -2.45. The molecule has 4 atom stereocenters. The second-order valence-electron chi connectivity index (χ2n) is 8.24. The molecular formula is C20H23BFNO5. The molecule has 0 radical (unpaired) electrons. The quantitative estimate of drug-likeness (QED) is 0.600. The highest BCUT2D eigenvalue weighted by molar-refractivity contribution is 6.53. The number of phenolic OH excluding ortho intramolecular Hbond substituents is 1. The number of likely N-dealkylation sites (tertiary alicyclic amines) is 1. The van der Waals surface area contributed by atoms with Crippen molar-refractivity contribution < 1.29 is 28.8 Å². The number of phenols is 1. The Morgan fingerprint density at radius 1 is 1.25 bits per heavy atom. The number of nitrogens with zero attached hydrogens (tertiary/aromatic N) is 1. The topological polar surface area (TPSA) is 87.1 Å². The van der Waals surface area contributed by atoms with Crippen LogP contribution < -0.4 is 0 Å². The summed E-state index contributed by atoms with van der Waals surface area (Å²) in [6, 6.07) is 3.97. The molecule has 2 saturated heterocycles. The van der Waals surface area contributed by atoms with Crippen molar-refractivity contribution in [2.75, 3.05) is 7.05 Å². The van der Waals surface area contributed by atoms with Gasteiger partial charge < -0.3 is 14.8 Å². The van der Waals surface area contributed by atoms with E-state index < -0.39 is 36.6 Å². The van der Waals surface area contributed by atoms with E-state index in [0.717, 1.165) is 5.57 Å². The highest BCUT2D eigenvalue weighted by atomic mass is 19.1. The Hall–Kier alpha value is -2.19. The van der Waals surface area contributed by atoms with Gasteiger partial charge in [0.15, 0.2) is 11.6 Å². The molecule has 2 N–H and O–H groups in total. The van der Waals surface area contributed by atoms with Gasteiger partial charge in [0.1, 0.15) is 0 Å². The van der Waals surface area contributed by atoms with Crippen molar-refractivity contribution in [2.45, 2.75) is 32.8 Å². The first-order valence-electron chi connectivity index (χ1n) is 9.56. The summed E-state index contributed by atoms with van der Waals surface area (Å²) in [7, 11) is 0.285. The van der Waals surface area contributed by atoms with Crippen LogP contribution in [0.4, 0.5) is 4.39 Å². The highest BCUT2D eigenvalue weighted by Crippen LogP contribution is 2.52. The van der Waals surface area contributed by atoms with Gasteiger partial charge >= 0.3 is 7.12 Å². The predicted molar refractivity (Wildman–Crippen MR) is 99.2 cm³/mol. The second-order valence-corrected chi connectivity index (χ2v) is 8.24. The van der Waals surface area contributed by atoms with Crippen molar-refractivity contribution >= 4 is 18.9 Å². The average molecular weight is 387 g/mol. The fourth-order valence-electron chi connectivity index (χ4n) is 5.00. The van der Waals surface area contributed by atoms with E-state index in [2.05, 4.69) is 0 Å². The monoisotopic (exact) mass is 387 g/mol. The van der Waals surface area contributed by atoms with E-state index in [9.17, 15) is 24.1 Å². The second kappa shape index (κ2) is 6.70. The zero-order chi connectivity index (χ0) is 20.3. The van der Waals surface area contributed by atoms with Crippen LogP contribution in [0.5, 0.6) is 5.75 Å². The largest absolute Gasteiger partial charge is 0.505 e. The summed E-state index contributed by atoms with van der Waals surface area (Å²) in [5, 5.41) is 20.2. The van der Waals surface area contributed by atoms with E-state index in [1.54, 1.807) is 6.07 Å². The Balaban J connectivity index is 1.77. The van der Waals surface area contributed by atoms with Crippen LogP contribution in [0.25, 0.3) is 0 Å². The van der Waals surface area contributed by atoms with Crippen molar-refractivity contribution in [1.29, 1.82) is 0 Å². The summed E-state index contributed by atoms with van der Waals surface area (Å²) in [6.45, 7) is 4.00. The lowest BCUT2D eigenvalue weighted by Gasteiger charge is -2.43. The van der Waals surface area contributed by atoms with Crippen LogP contribution in [-0.4, -0.2) is 41.0 Å². The van der Waals surface area contributed by atoms with E-state index in [0.29, 0.717) is 23.9 Å². The van der Waals surface area contributed by atoms with Crippen LogP contribution in [-0.2, 0) is 14.2 Å². The van der Waals surface area contributed by atoms with Gasteiger partial charge in [-0.25, -0.2) is 4.39 Å². The summed E-state index contributed by atoms with van der Waals surface area (Å²) in [6.07, 6.45) is 0.169. The molecule has 28 heavy (non-hydrogen) atoms. The molecule has 0 saturated carbocycles. The maximum absolute atomic E-state index is 13.8. The molecule has 6 nitrogen and oxygen atoms in total. The Morgan fingerprint density at radius 3 is 2.61 bits per heavy atom. The number of carbonyl (C=O) groups excluding carboxylic acids is 2. The number of fused-ring (bicyclic) bond motifs is 3. The first-order valence-corrected chi connectivity index (χ1v) is 9.56. The first kappa shape index (κ1) is 19.1. The number of halogens is 1. The summed E-state index contributed by atoms with van der Waals surface area (Å²) in [5.74, 6) is -2.84. The third kappa shape index (κ3) is 2.78. The smallest absolute Gasteiger partial charge is 0.487 e. The van der Waals surface area contributed by atoms with E-state index >= 15 is 0 Å². The summed E-state index contributed by atoms with van der Waals surface area (Å²) < 4.78 is 19.6. The molecule has 0 aromatic heterocycles. The van der Waals surface area contributed by atoms with E-state index in [-0.39, 0.29) is 23.7 Å². The standard InChI is InChI=1S/C20H23BFNO5/c1-9(2)11-7-13-17(20(26)23(3)19(13)25)12-8-16(28-21(27)18(11)12)10-4-5-15(24)14(22)6-10/h4-6,9,12-13,16-17,24,27H,7-8H2,1-3H3/t12-,13-,16-,17+/m0/s1. The van der Waals surface area contributed by atoms with Gasteiger partial charge in [0.05, 0.1) is 17.9 Å². The minimum Gasteiger partial charge on any atom is -0.505 e. The van der Waals surface area contributed by atoms with Crippen LogP contribution in [0.1, 0.15) is 38.4 Å². The summed E-state index contributed by atoms with van der Waals surface area (Å²) in [4.78, 5) is 26.6. The van der Waals surface area contributed by atoms with Crippen LogP contribution >= 0.6 is 0 Å². The van der Waals surface area contributed by atoms with Crippen molar-refractivity contribution in [3.8, 4) is 5.75 Å². The first-order chi connectivity index (χ1) is 13.2. The molecule has 1 aromatic rings. The van der Waals surface area contributed by atoms with Crippen molar-refractivity contribution in [2.24, 2.45) is 23.7 Å². The maximum atomic E-state index is 13.8. The third-order valence-corrected chi connectivity index (χ3v) is 6.41. The number of carbonyl (C=O) groups is 2. The number of aromatic hydroxyl groups is 1. The molecule has 4 rings (SSSR count). The lowest BCUT2D eigenvalue weighted by molar-refractivity contribution is -0.138. The minimum atomic E-state index is -1.22. The van der Waals surface area contributed by atoms with Crippen LogP contribution in [0.15, 0.2) is 29.2 Å². The van der Waals surface area contributed by atoms with Gasteiger partial charge in [-0.3, -0.25) is 14.5 Å². The van der Waals surface area contributed by atoms with Crippen LogP contribution in [0.2, 0.25) is 0 Å². The lowest BCUT2D eigenvalue weighted by atomic mass is 9.54. The van der Waals surface area contributed by atoms with Crippen molar-refractivity contribution in [3.63, 3.8) is 0 Å². The Kier molecular flexibility index (Phi) is 4.58. The van der Waals surface area contributed by atoms with Gasteiger partial charge in [0.2, 0.25) is 11.8 Å². The molecule has 0 unspecified atom stereocenters. The molecule has 1 aliphatic carbocycles. The molecule has 0 spiro atoms. The normalized spacial score (nSPS) is 30.2. The van der Waals surface area contributed by atoms with Gasteiger partial charge in [-0.05, 0) is 47.8 Å². The Bertz CT molecular complexity index is 885. The fraction of sp³-hybridized carbons (Fsp3) is 0.500. The van der Waals surface area contributed by atoms with E-state index in [1.165, 1.54) is 24.1 Å². The number of amides is 2. The van der Waals surface area contributed by atoms with E-state index in [1.807, 2.05) is 13.8 Å². The maximum Gasteiger partial charge on any atom is 0.487 e. The molecule has 148 valence electrons. The van der Waals surface area contributed by atoms with Gasteiger partial charge in [-0.2, -0.15) is 0 Å². The zero-order valence-corrected chi connectivity index (χ0v) is 16.1. The molecule has 8 heteroatoms. The van der Waals surface area contributed by atoms with Gasteiger partial charge in [-0.1, -0.05) is 25.5 Å².